The number of H-pyrrole nitrogens is 1. The van der Waals surface area contributed by atoms with Crippen LogP contribution in [0.15, 0.2) is 47.3 Å². The third-order valence-corrected chi connectivity index (χ3v) is 4.57. The molecular weight excluding hydrogens is 330 g/mol. The number of carbonyl (C=O) groups is 2. The lowest BCUT2D eigenvalue weighted by Crippen LogP contribution is -2.38. The van der Waals surface area contributed by atoms with E-state index in [2.05, 4.69) is 10.3 Å². The molecule has 1 saturated heterocycles. The lowest BCUT2D eigenvalue weighted by atomic mass is 10.1. The average Bonchev–Trinajstić information content (AvgIpc) is 2.69. The molecule has 0 unspecified atom stereocenters. The smallest absolute Gasteiger partial charge is 0.261 e. The molecule has 0 aliphatic carbocycles. The maximum atomic E-state index is 12.2. The summed E-state index contributed by atoms with van der Waals surface area (Å²) in [5.74, 6) is -0.407. The second-order valence-corrected chi connectivity index (χ2v) is 6.43. The molecule has 26 heavy (non-hydrogen) atoms. The highest BCUT2D eigenvalue weighted by Crippen LogP contribution is 2.14. The summed E-state index contributed by atoms with van der Waals surface area (Å²) in [6.07, 6.45) is 3.51. The summed E-state index contributed by atoms with van der Waals surface area (Å²) in [7, 11) is 0. The normalized spacial score (nSPS) is 14.1. The van der Waals surface area contributed by atoms with E-state index >= 15 is 0 Å². The minimum Gasteiger partial charge on any atom is -0.351 e. The Hall–Kier alpha value is -2.89. The maximum absolute atomic E-state index is 12.2. The van der Waals surface area contributed by atoms with Gasteiger partial charge in [-0.2, -0.15) is 0 Å². The number of hydrogen-bond acceptors (Lipinski definition) is 3. The van der Waals surface area contributed by atoms with Gasteiger partial charge in [0, 0.05) is 31.7 Å². The number of likely N-dealkylation sites (tertiary alicyclic amines) is 1. The number of nitrogens with one attached hydrogen (secondary N) is 2. The number of rotatable bonds is 5. The molecule has 1 fully saturated rings. The van der Waals surface area contributed by atoms with E-state index < -0.39 is 11.5 Å². The van der Waals surface area contributed by atoms with Crippen molar-refractivity contribution >= 4 is 11.8 Å². The summed E-state index contributed by atoms with van der Waals surface area (Å²) < 4.78 is 0. The molecule has 0 bridgehead atoms. The lowest BCUT2D eigenvalue weighted by Gasteiger charge is -2.26. The SMILES string of the molecule is O=C(NCCC(=O)N1CCCCC1)c1ccc(-c2ccccc2)[nH]c1=O. The van der Waals surface area contributed by atoms with Crippen LogP contribution in [0.4, 0.5) is 0 Å². The van der Waals surface area contributed by atoms with Crippen LogP contribution in [0.3, 0.4) is 0 Å². The average molecular weight is 353 g/mol. The van der Waals surface area contributed by atoms with E-state index in [9.17, 15) is 14.4 Å². The number of amides is 2. The quantitative estimate of drug-likeness (QED) is 0.864. The number of carbonyl (C=O) groups excluding carboxylic acids is 2. The largest absolute Gasteiger partial charge is 0.351 e. The standard InChI is InChI=1S/C20H23N3O3/c24-18(23-13-5-2-6-14-23)11-12-21-19(25)16-9-10-17(22-20(16)26)15-7-3-1-4-8-15/h1,3-4,7-10H,2,5-6,11-14H2,(H,21,25)(H,22,26). The van der Waals surface area contributed by atoms with Crippen molar-refractivity contribution in [3.8, 4) is 11.3 Å². The van der Waals surface area contributed by atoms with Crippen molar-refractivity contribution in [2.75, 3.05) is 19.6 Å². The molecule has 1 aliphatic rings. The molecule has 6 nitrogen and oxygen atoms in total. The molecule has 6 heteroatoms. The molecule has 2 aromatic rings. The predicted octanol–water partition coefficient (Wildman–Crippen LogP) is 2.17. The fraction of sp³-hybridized carbons (Fsp3) is 0.350. The highest BCUT2D eigenvalue weighted by Gasteiger charge is 2.17. The Bertz CT molecular complexity index is 824. The molecule has 2 heterocycles. The number of nitrogens with zero attached hydrogens (tertiary/aromatic N) is 1. The first-order valence-electron chi connectivity index (χ1n) is 9.00. The van der Waals surface area contributed by atoms with Crippen LogP contribution in [0.5, 0.6) is 0 Å². The first kappa shape index (κ1) is 17.9. The molecule has 0 radical (unpaired) electrons. The minimum atomic E-state index is -0.461. The van der Waals surface area contributed by atoms with E-state index in [-0.39, 0.29) is 24.4 Å². The van der Waals surface area contributed by atoms with Gasteiger partial charge in [0.1, 0.15) is 5.56 Å². The van der Waals surface area contributed by atoms with Gasteiger partial charge in [0.25, 0.3) is 11.5 Å². The van der Waals surface area contributed by atoms with Gasteiger partial charge in [-0.3, -0.25) is 14.4 Å². The zero-order valence-electron chi connectivity index (χ0n) is 14.7. The van der Waals surface area contributed by atoms with Gasteiger partial charge < -0.3 is 15.2 Å². The Balaban J connectivity index is 1.56. The van der Waals surface area contributed by atoms with E-state index in [1.54, 1.807) is 6.07 Å². The van der Waals surface area contributed by atoms with Gasteiger partial charge in [-0.1, -0.05) is 30.3 Å². The molecule has 2 amide bonds. The van der Waals surface area contributed by atoms with Crippen LogP contribution < -0.4 is 10.9 Å². The number of aromatic amines is 1. The molecule has 1 aromatic carbocycles. The van der Waals surface area contributed by atoms with Gasteiger partial charge in [0.2, 0.25) is 5.91 Å². The van der Waals surface area contributed by atoms with Crippen molar-refractivity contribution in [2.24, 2.45) is 0 Å². The predicted molar refractivity (Wildman–Crippen MR) is 99.9 cm³/mol. The summed E-state index contributed by atoms with van der Waals surface area (Å²) in [5, 5.41) is 2.66. The molecule has 0 spiro atoms. The Kier molecular flexibility index (Phi) is 5.84. The fourth-order valence-electron chi connectivity index (χ4n) is 3.12. The third-order valence-electron chi connectivity index (χ3n) is 4.57. The van der Waals surface area contributed by atoms with E-state index in [1.807, 2.05) is 35.2 Å². The molecule has 136 valence electrons. The second-order valence-electron chi connectivity index (χ2n) is 6.43. The molecule has 3 rings (SSSR count). The van der Waals surface area contributed by atoms with Crippen LogP contribution in [0.1, 0.15) is 36.0 Å². The number of hydrogen-bond donors (Lipinski definition) is 2. The molecule has 0 saturated carbocycles. The van der Waals surface area contributed by atoms with E-state index in [0.29, 0.717) is 5.69 Å². The van der Waals surface area contributed by atoms with Crippen LogP contribution in [-0.4, -0.2) is 41.3 Å². The first-order valence-corrected chi connectivity index (χ1v) is 9.00. The summed E-state index contributed by atoms with van der Waals surface area (Å²) in [5.41, 5.74) is 1.15. The highest BCUT2D eigenvalue weighted by molar-refractivity contribution is 5.94. The van der Waals surface area contributed by atoms with Crippen molar-refractivity contribution in [3.63, 3.8) is 0 Å². The fourth-order valence-corrected chi connectivity index (χ4v) is 3.12. The number of pyridine rings is 1. The summed E-state index contributed by atoms with van der Waals surface area (Å²) >= 11 is 0. The topological polar surface area (TPSA) is 82.3 Å². The van der Waals surface area contributed by atoms with Gasteiger partial charge >= 0.3 is 0 Å². The maximum Gasteiger partial charge on any atom is 0.261 e. The number of piperidine rings is 1. The van der Waals surface area contributed by atoms with Crippen LogP contribution in [0, 0.1) is 0 Å². The number of benzene rings is 1. The van der Waals surface area contributed by atoms with Gasteiger partial charge in [0.15, 0.2) is 0 Å². The summed E-state index contributed by atoms with van der Waals surface area (Å²) in [4.78, 5) is 41.1. The van der Waals surface area contributed by atoms with Gasteiger partial charge in [-0.15, -0.1) is 0 Å². The van der Waals surface area contributed by atoms with Crippen LogP contribution in [0.2, 0.25) is 0 Å². The van der Waals surface area contributed by atoms with Crippen LogP contribution in [-0.2, 0) is 4.79 Å². The Morgan fingerprint density at radius 1 is 1.00 bits per heavy atom. The van der Waals surface area contributed by atoms with E-state index in [4.69, 9.17) is 0 Å². The Morgan fingerprint density at radius 2 is 1.73 bits per heavy atom. The molecule has 1 aliphatic heterocycles. The van der Waals surface area contributed by atoms with E-state index in [0.717, 1.165) is 31.5 Å². The van der Waals surface area contributed by atoms with Gasteiger partial charge in [-0.25, -0.2) is 0 Å². The van der Waals surface area contributed by atoms with E-state index in [1.165, 1.54) is 12.5 Å². The van der Waals surface area contributed by atoms with Crippen molar-refractivity contribution in [2.45, 2.75) is 25.7 Å². The third kappa shape index (κ3) is 4.39. The molecule has 1 aromatic heterocycles. The first-order chi connectivity index (χ1) is 12.6. The zero-order chi connectivity index (χ0) is 18.4. The molecule has 2 N–H and O–H groups in total. The second kappa shape index (κ2) is 8.47. The molecule has 0 atom stereocenters. The monoisotopic (exact) mass is 353 g/mol. The summed E-state index contributed by atoms with van der Waals surface area (Å²) in [6.45, 7) is 1.83. The lowest BCUT2D eigenvalue weighted by molar-refractivity contribution is -0.131. The van der Waals surface area contributed by atoms with Crippen molar-refractivity contribution in [3.05, 3.63) is 58.4 Å². The minimum absolute atomic E-state index is 0.0510. The van der Waals surface area contributed by atoms with Gasteiger partial charge in [0.05, 0.1) is 0 Å². The van der Waals surface area contributed by atoms with Crippen molar-refractivity contribution in [1.82, 2.24) is 15.2 Å². The van der Waals surface area contributed by atoms with Crippen LogP contribution >= 0.6 is 0 Å². The van der Waals surface area contributed by atoms with Gasteiger partial charge in [-0.05, 0) is 37.0 Å². The summed E-state index contributed by atoms with van der Waals surface area (Å²) in [6, 6.07) is 12.7. The van der Waals surface area contributed by atoms with Crippen molar-refractivity contribution in [1.29, 1.82) is 0 Å². The Labute approximate surface area is 152 Å². The van der Waals surface area contributed by atoms with Crippen LogP contribution in [0.25, 0.3) is 11.3 Å². The van der Waals surface area contributed by atoms with Crippen molar-refractivity contribution < 1.29 is 9.59 Å². The highest BCUT2D eigenvalue weighted by atomic mass is 16.2. The zero-order valence-corrected chi connectivity index (χ0v) is 14.7. The molecular formula is C20H23N3O3. The number of aromatic nitrogens is 1. The Morgan fingerprint density at radius 3 is 2.42 bits per heavy atom.